The lowest BCUT2D eigenvalue weighted by Crippen LogP contribution is -2.36. The van der Waals surface area contributed by atoms with Crippen molar-refractivity contribution in [3.8, 4) is 0 Å². The number of nitrogens with two attached hydrogens (primary N) is 1. The molecule has 5 nitrogen and oxygen atoms in total. The van der Waals surface area contributed by atoms with E-state index in [1.165, 1.54) is 0 Å². The summed E-state index contributed by atoms with van der Waals surface area (Å²) in [6, 6.07) is 14.7. The number of carbonyl (C=O) groups excluding carboxylic acids is 1. The maximum absolute atomic E-state index is 12.4. The smallest absolute Gasteiger partial charge is 0.255 e. The van der Waals surface area contributed by atoms with Crippen molar-refractivity contribution in [1.82, 2.24) is 0 Å². The molecule has 1 heterocycles. The van der Waals surface area contributed by atoms with E-state index in [0.717, 1.165) is 24.5 Å². The van der Waals surface area contributed by atoms with Crippen LogP contribution in [0.5, 0.6) is 0 Å². The minimum Gasteiger partial charge on any atom is -0.399 e. The molecule has 0 aliphatic carbocycles. The highest BCUT2D eigenvalue weighted by Gasteiger charge is 2.16. The van der Waals surface area contributed by atoms with Crippen LogP contribution in [0.1, 0.15) is 10.4 Å². The van der Waals surface area contributed by atoms with Crippen LogP contribution in [0.3, 0.4) is 0 Å². The molecule has 1 fully saturated rings. The van der Waals surface area contributed by atoms with E-state index in [-0.39, 0.29) is 5.91 Å². The Labute approximate surface area is 129 Å². The van der Waals surface area contributed by atoms with Crippen LogP contribution in [0.4, 0.5) is 17.1 Å². The van der Waals surface area contributed by atoms with Crippen molar-refractivity contribution in [1.29, 1.82) is 0 Å². The molecule has 0 atom stereocenters. The number of rotatable bonds is 3. The first-order chi connectivity index (χ1) is 10.7. The van der Waals surface area contributed by atoms with Gasteiger partial charge in [0.2, 0.25) is 0 Å². The van der Waals surface area contributed by atoms with E-state index in [1.54, 1.807) is 18.2 Å². The highest BCUT2D eigenvalue weighted by molar-refractivity contribution is 6.06. The van der Waals surface area contributed by atoms with Crippen molar-refractivity contribution < 1.29 is 9.53 Å². The highest BCUT2D eigenvalue weighted by Crippen LogP contribution is 2.29. The van der Waals surface area contributed by atoms with Gasteiger partial charge in [0.15, 0.2) is 0 Å². The predicted molar refractivity (Wildman–Crippen MR) is 88.3 cm³/mol. The average molecular weight is 297 g/mol. The van der Waals surface area contributed by atoms with Crippen LogP contribution in [-0.2, 0) is 4.74 Å². The number of morpholine rings is 1. The van der Waals surface area contributed by atoms with Crippen molar-refractivity contribution in [3.63, 3.8) is 0 Å². The fourth-order valence-electron chi connectivity index (χ4n) is 2.52. The standard InChI is InChI=1S/C17H19N3O2/c18-14-6-7-16(20-8-10-22-11-9-20)15(12-14)19-17(21)13-4-2-1-3-5-13/h1-7,12H,8-11,18H2,(H,19,21). The molecule has 0 bridgehead atoms. The van der Waals surface area contributed by atoms with Gasteiger partial charge in [-0.3, -0.25) is 4.79 Å². The van der Waals surface area contributed by atoms with E-state index < -0.39 is 0 Å². The molecule has 0 saturated carbocycles. The zero-order valence-corrected chi connectivity index (χ0v) is 12.3. The summed E-state index contributed by atoms with van der Waals surface area (Å²) in [7, 11) is 0. The predicted octanol–water partition coefficient (Wildman–Crippen LogP) is 2.36. The normalized spacial score (nSPS) is 14.6. The zero-order valence-electron chi connectivity index (χ0n) is 12.3. The lowest BCUT2D eigenvalue weighted by atomic mass is 10.1. The van der Waals surface area contributed by atoms with Gasteiger partial charge in [-0.05, 0) is 30.3 Å². The van der Waals surface area contributed by atoms with Gasteiger partial charge in [-0.25, -0.2) is 0 Å². The van der Waals surface area contributed by atoms with E-state index in [2.05, 4.69) is 10.2 Å². The number of hydrogen-bond acceptors (Lipinski definition) is 4. The molecule has 3 rings (SSSR count). The molecule has 0 unspecified atom stereocenters. The van der Waals surface area contributed by atoms with E-state index in [4.69, 9.17) is 10.5 Å². The van der Waals surface area contributed by atoms with Gasteiger partial charge in [0, 0.05) is 24.3 Å². The molecule has 0 aromatic heterocycles. The van der Waals surface area contributed by atoms with Gasteiger partial charge in [-0.15, -0.1) is 0 Å². The molecule has 1 aliphatic heterocycles. The maximum atomic E-state index is 12.4. The Bertz CT molecular complexity index is 652. The summed E-state index contributed by atoms with van der Waals surface area (Å²) in [5.41, 5.74) is 8.83. The first kappa shape index (κ1) is 14.4. The van der Waals surface area contributed by atoms with Crippen LogP contribution >= 0.6 is 0 Å². The minimum atomic E-state index is -0.138. The molecule has 0 radical (unpaired) electrons. The van der Waals surface area contributed by atoms with Crippen molar-refractivity contribution >= 4 is 23.0 Å². The Morgan fingerprint density at radius 2 is 1.82 bits per heavy atom. The van der Waals surface area contributed by atoms with E-state index >= 15 is 0 Å². The molecule has 1 aliphatic rings. The largest absolute Gasteiger partial charge is 0.399 e. The fourth-order valence-corrected chi connectivity index (χ4v) is 2.52. The molecule has 114 valence electrons. The van der Waals surface area contributed by atoms with Gasteiger partial charge in [0.25, 0.3) is 5.91 Å². The van der Waals surface area contributed by atoms with Gasteiger partial charge < -0.3 is 20.7 Å². The van der Waals surface area contributed by atoms with Crippen molar-refractivity contribution in [2.45, 2.75) is 0 Å². The van der Waals surface area contributed by atoms with Crippen LogP contribution in [0, 0.1) is 0 Å². The SMILES string of the molecule is Nc1ccc(N2CCOCC2)c(NC(=O)c2ccccc2)c1. The molecule has 5 heteroatoms. The highest BCUT2D eigenvalue weighted by atomic mass is 16.5. The third kappa shape index (κ3) is 3.20. The van der Waals surface area contributed by atoms with Crippen LogP contribution < -0.4 is 16.0 Å². The number of nitrogens with one attached hydrogen (secondary N) is 1. The molecule has 1 amide bonds. The van der Waals surface area contributed by atoms with E-state index in [0.29, 0.717) is 24.5 Å². The summed E-state index contributed by atoms with van der Waals surface area (Å²) in [4.78, 5) is 14.6. The van der Waals surface area contributed by atoms with Crippen molar-refractivity contribution in [2.75, 3.05) is 42.3 Å². The lowest BCUT2D eigenvalue weighted by Gasteiger charge is -2.30. The topological polar surface area (TPSA) is 67.6 Å². The molecule has 22 heavy (non-hydrogen) atoms. The second-order valence-corrected chi connectivity index (χ2v) is 5.20. The van der Waals surface area contributed by atoms with Crippen LogP contribution in [-0.4, -0.2) is 32.2 Å². The number of benzene rings is 2. The number of nitrogen functional groups attached to an aromatic ring is 1. The monoisotopic (exact) mass is 297 g/mol. The fraction of sp³-hybridized carbons (Fsp3) is 0.235. The Kier molecular flexibility index (Phi) is 4.25. The quantitative estimate of drug-likeness (QED) is 0.853. The molecule has 0 spiro atoms. The number of hydrogen-bond donors (Lipinski definition) is 2. The number of carbonyl (C=O) groups is 1. The Morgan fingerprint density at radius 3 is 2.55 bits per heavy atom. The molecule has 1 saturated heterocycles. The second-order valence-electron chi connectivity index (χ2n) is 5.20. The Hall–Kier alpha value is -2.53. The van der Waals surface area contributed by atoms with Gasteiger partial charge in [0.05, 0.1) is 24.6 Å². The second kappa shape index (κ2) is 6.49. The summed E-state index contributed by atoms with van der Waals surface area (Å²) in [5, 5.41) is 2.96. The molecule has 2 aromatic carbocycles. The first-order valence-corrected chi connectivity index (χ1v) is 7.32. The van der Waals surface area contributed by atoms with Crippen LogP contribution in [0.15, 0.2) is 48.5 Å². The third-order valence-electron chi connectivity index (χ3n) is 3.66. The van der Waals surface area contributed by atoms with Crippen molar-refractivity contribution in [3.05, 3.63) is 54.1 Å². The van der Waals surface area contributed by atoms with E-state index in [1.807, 2.05) is 30.3 Å². The number of nitrogens with zero attached hydrogens (tertiary/aromatic N) is 1. The number of anilines is 3. The molecular formula is C17H19N3O2. The zero-order chi connectivity index (χ0) is 15.4. The minimum absolute atomic E-state index is 0.138. The Morgan fingerprint density at radius 1 is 1.09 bits per heavy atom. The Balaban J connectivity index is 1.85. The lowest BCUT2D eigenvalue weighted by molar-refractivity contribution is 0.102. The summed E-state index contributed by atoms with van der Waals surface area (Å²) in [5.74, 6) is -0.138. The summed E-state index contributed by atoms with van der Waals surface area (Å²) in [6.07, 6.45) is 0. The maximum Gasteiger partial charge on any atom is 0.255 e. The van der Waals surface area contributed by atoms with Crippen LogP contribution in [0.2, 0.25) is 0 Å². The first-order valence-electron chi connectivity index (χ1n) is 7.32. The van der Waals surface area contributed by atoms with Crippen LogP contribution in [0.25, 0.3) is 0 Å². The van der Waals surface area contributed by atoms with E-state index in [9.17, 15) is 4.79 Å². The van der Waals surface area contributed by atoms with Gasteiger partial charge >= 0.3 is 0 Å². The summed E-state index contributed by atoms with van der Waals surface area (Å²) < 4.78 is 5.38. The molecule has 3 N–H and O–H groups in total. The third-order valence-corrected chi connectivity index (χ3v) is 3.66. The molecular weight excluding hydrogens is 278 g/mol. The van der Waals surface area contributed by atoms with Gasteiger partial charge in [-0.2, -0.15) is 0 Å². The van der Waals surface area contributed by atoms with Crippen molar-refractivity contribution in [2.24, 2.45) is 0 Å². The summed E-state index contributed by atoms with van der Waals surface area (Å²) >= 11 is 0. The average Bonchev–Trinajstić information content (AvgIpc) is 2.56. The molecule has 2 aromatic rings. The number of ether oxygens (including phenoxy) is 1. The number of amides is 1. The summed E-state index contributed by atoms with van der Waals surface area (Å²) in [6.45, 7) is 2.99. The van der Waals surface area contributed by atoms with Gasteiger partial charge in [-0.1, -0.05) is 18.2 Å². The van der Waals surface area contributed by atoms with Gasteiger partial charge in [0.1, 0.15) is 0 Å².